The second-order valence-corrected chi connectivity index (χ2v) is 6.52. The van der Waals surface area contributed by atoms with Gasteiger partial charge in [0.1, 0.15) is 5.75 Å². The molecule has 0 bridgehead atoms. The van der Waals surface area contributed by atoms with Crippen molar-refractivity contribution in [2.75, 3.05) is 12.0 Å². The molecule has 1 heterocycles. The van der Waals surface area contributed by atoms with Crippen molar-refractivity contribution < 1.29 is 14.3 Å². The van der Waals surface area contributed by atoms with Crippen molar-refractivity contribution in [3.8, 4) is 5.75 Å². The van der Waals surface area contributed by atoms with Gasteiger partial charge in [0.25, 0.3) is 0 Å². The number of amides is 2. The van der Waals surface area contributed by atoms with Gasteiger partial charge in [-0.1, -0.05) is 29.8 Å². The van der Waals surface area contributed by atoms with E-state index in [0.29, 0.717) is 11.4 Å². The third kappa shape index (κ3) is 2.24. The van der Waals surface area contributed by atoms with Crippen LogP contribution in [-0.2, 0) is 9.59 Å². The van der Waals surface area contributed by atoms with Crippen LogP contribution in [0.25, 0.3) is 0 Å². The van der Waals surface area contributed by atoms with E-state index in [2.05, 4.69) is 15.9 Å². The number of ether oxygens (including phenoxy) is 1. The Balaban J connectivity index is 2.51. The van der Waals surface area contributed by atoms with E-state index < -0.39 is 5.41 Å². The van der Waals surface area contributed by atoms with E-state index >= 15 is 0 Å². The molecule has 1 aliphatic rings. The summed E-state index contributed by atoms with van der Waals surface area (Å²) in [5, 5.41) is 0. The molecule has 108 valence electrons. The smallest absolute Gasteiger partial charge is 0.240 e. The molecule has 1 aliphatic heterocycles. The third-order valence-electron chi connectivity index (χ3n) is 4.12. The number of hydrogen-bond donors (Lipinski definition) is 0. The van der Waals surface area contributed by atoms with Crippen molar-refractivity contribution in [2.45, 2.75) is 27.2 Å². The monoisotopic (exact) mass is 339 g/mol. The summed E-state index contributed by atoms with van der Waals surface area (Å²) in [5.41, 5.74) is -0.147. The first-order valence-corrected chi connectivity index (χ1v) is 7.31. The van der Waals surface area contributed by atoms with Gasteiger partial charge >= 0.3 is 0 Å². The molecule has 2 rings (SSSR count). The van der Waals surface area contributed by atoms with Crippen LogP contribution in [0, 0.1) is 11.3 Å². The lowest BCUT2D eigenvalue weighted by Crippen LogP contribution is -2.37. The quantitative estimate of drug-likeness (QED) is 0.793. The molecular weight excluding hydrogens is 322 g/mol. The standard InChI is InChI=1S/C15H18BrNO3/c1-9(2)15(3)8-13(18)17(14(15)19)11-7-10(16)5-6-12(11)20-4/h5-7,9H,8H2,1-4H3. The minimum Gasteiger partial charge on any atom is -0.495 e. The topological polar surface area (TPSA) is 46.6 Å². The van der Waals surface area contributed by atoms with Crippen LogP contribution in [-0.4, -0.2) is 18.9 Å². The fourth-order valence-electron chi connectivity index (χ4n) is 2.37. The summed E-state index contributed by atoms with van der Waals surface area (Å²) >= 11 is 3.37. The van der Waals surface area contributed by atoms with Crippen molar-refractivity contribution in [3.63, 3.8) is 0 Å². The van der Waals surface area contributed by atoms with Crippen LogP contribution in [0.1, 0.15) is 27.2 Å². The van der Waals surface area contributed by atoms with E-state index in [9.17, 15) is 9.59 Å². The average molecular weight is 340 g/mol. The van der Waals surface area contributed by atoms with Gasteiger partial charge in [-0.05, 0) is 31.0 Å². The number of rotatable bonds is 3. The molecule has 0 radical (unpaired) electrons. The van der Waals surface area contributed by atoms with Gasteiger partial charge < -0.3 is 4.74 Å². The Labute approximate surface area is 127 Å². The Hall–Kier alpha value is -1.36. The Morgan fingerprint density at radius 2 is 2.00 bits per heavy atom. The predicted octanol–water partition coefficient (Wildman–Crippen LogP) is 3.38. The molecule has 5 heteroatoms. The summed E-state index contributed by atoms with van der Waals surface area (Å²) in [5.74, 6) is 0.279. The summed E-state index contributed by atoms with van der Waals surface area (Å²) in [6, 6.07) is 5.29. The zero-order chi connectivity index (χ0) is 15.1. The first kappa shape index (κ1) is 15.0. The summed E-state index contributed by atoms with van der Waals surface area (Å²) < 4.78 is 6.07. The van der Waals surface area contributed by atoms with Crippen LogP contribution < -0.4 is 9.64 Å². The SMILES string of the molecule is COc1ccc(Br)cc1N1C(=O)CC(C)(C(C)C)C1=O. The molecule has 20 heavy (non-hydrogen) atoms. The van der Waals surface area contributed by atoms with Gasteiger partial charge in [-0.25, -0.2) is 4.90 Å². The summed E-state index contributed by atoms with van der Waals surface area (Å²) in [7, 11) is 1.53. The molecule has 4 nitrogen and oxygen atoms in total. The van der Waals surface area contributed by atoms with Crippen LogP contribution in [0.5, 0.6) is 5.75 Å². The maximum atomic E-state index is 12.7. The second kappa shape index (κ2) is 5.20. The van der Waals surface area contributed by atoms with Gasteiger partial charge in [0.15, 0.2) is 0 Å². The molecule has 1 unspecified atom stereocenters. The number of anilines is 1. The molecule has 0 spiro atoms. The van der Waals surface area contributed by atoms with Crippen molar-refractivity contribution >= 4 is 33.4 Å². The van der Waals surface area contributed by atoms with Gasteiger partial charge in [0, 0.05) is 10.9 Å². The third-order valence-corrected chi connectivity index (χ3v) is 4.61. The van der Waals surface area contributed by atoms with E-state index in [4.69, 9.17) is 4.74 Å². The molecule has 1 fully saturated rings. The number of hydrogen-bond acceptors (Lipinski definition) is 3. The van der Waals surface area contributed by atoms with Crippen LogP contribution in [0.3, 0.4) is 0 Å². The van der Waals surface area contributed by atoms with Gasteiger partial charge in [0.2, 0.25) is 11.8 Å². The zero-order valence-electron chi connectivity index (χ0n) is 12.1. The number of benzene rings is 1. The Morgan fingerprint density at radius 3 is 2.50 bits per heavy atom. The predicted molar refractivity (Wildman–Crippen MR) is 80.7 cm³/mol. The van der Waals surface area contributed by atoms with E-state index in [1.807, 2.05) is 26.8 Å². The molecule has 0 saturated carbocycles. The van der Waals surface area contributed by atoms with E-state index in [1.165, 1.54) is 12.0 Å². The summed E-state index contributed by atoms with van der Waals surface area (Å²) in [6.45, 7) is 5.78. The molecule has 0 aromatic heterocycles. The van der Waals surface area contributed by atoms with E-state index in [1.54, 1.807) is 12.1 Å². The van der Waals surface area contributed by atoms with Crippen molar-refractivity contribution in [1.82, 2.24) is 0 Å². The maximum Gasteiger partial charge on any atom is 0.240 e. The van der Waals surface area contributed by atoms with Crippen LogP contribution in [0.4, 0.5) is 5.69 Å². The van der Waals surface area contributed by atoms with Crippen molar-refractivity contribution in [1.29, 1.82) is 0 Å². The fraction of sp³-hybridized carbons (Fsp3) is 0.467. The van der Waals surface area contributed by atoms with E-state index in [-0.39, 0.29) is 24.2 Å². The van der Waals surface area contributed by atoms with Crippen LogP contribution >= 0.6 is 15.9 Å². The van der Waals surface area contributed by atoms with Crippen molar-refractivity contribution in [2.24, 2.45) is 11.3 Å². The Kier molecular flexibility index (Phi) is 3.91. The highest BCUT2D eigenvalue weighted by molar-refractivity contribution is 9.10. The number of nitrogens with zero attached hydrogens (tertiary/aromatic N) is 1. The van der Waals surface area contributed by atoms with Gasteiger partial charge in [-0.2, -0.15) is 0 Å². The molecule has 1 aromatic carbocycles. The molecule has 1 atom stereocenters. The first-order valence-electron chi connectivity index (χ1n) is 6.52. The highest BCUT2D eigenvalue weighted by Crippen LogP contribution is 2.44. The normalized spacial score (nSPS) is 22.8. The Morgan fingerprint density at radius 1 is 1.35 bits per heavy atom. The number of carbonyl (C=O) groups is 2. The number of imide groups is 1. The second-order valence-electron chi connectivity index (χ2n) is 5.60. The average Bonchev–Trinajstić information content (AvgIpc) is 2.61. The van der Waals surface area contributed by atoms with Crippen LogP contribution in [0.2, 0.25) is 0 Å². The highest BCUT2D eigenvalue weighted by Gasteiger charge is 2.51. The lowest BCUT2D eigenvalue weighted by atomic mass is 9.78. The lowest BCUT2D eigenvalue weighted by molar-refractivity contribution is -0.126. The number of carbonyl (C=O) groups excluding carboxylic acids is 2. The van der Waals surface area contributed by atoms with Gasteiger partial charge in [-0.15, -0.1) is 0 Å². The first-order chi connectivity index (χ1) is 9.31. The number of halogens is 1. The molecule has 1 aromatic rings. The minimum absolute atomic E-state index is 0.0992. The van der Waals surface area contributed by atoms with Crippen molar-refractivity contribution in [3.05, 3.63) is 22.7 Å². The molecule has 0 N–H and O–H groups in total. The summed E-state index contributed by atoms with van der Waals surface area (Å²) in [4.78, 5) is 26.3. The van der Waals surface area contributed by atoms with Gasteiger partial charge in [0.05, 0.1) is 18.2 Å². The largest absolute Gasteiger partial charge is 0.495 e. The molecule has 1 saturated heterocycles. The zero-order valence-corrected chi connectivity index (χ0v) is 13.7. The maximum absolute atomic E-state index is 12.7. The summed E-state index contributed by atoms with van der Waals surface area (Å²) in [6.07, 6.45) is 0.235. The van der Waals surface area contributed by atoms with E-state index in [0.717, 1.165) is 4.47 Å². The molecule has 2 amide bonds. The fourth-order valence-corrected chi connectivity index (χ4v) is 2.72. The minimum atomic E-state index is -0.648. The number of methoxy groups -OCH3 is 1. The molecular formula is C15H18BrNO3. The highest BCUT2D eigenvalue weighted by atomic mass is 79.9. The Bertz CT molecular complexity index is 570. The van der Waals surface area contributed by atoms with Gasteiger partial charge in [-0.3, -0.25) is 9.59 Å². The molecule has 0 aliphatic carbocycles. The lowest BCUT2D eigenvalue weighted by Gasteiger charge is -2.26. The van der Waals surface area contributed by atoms with Crippen LogP contribution in [0.15, 0.2) is 22.7 Å².